The Morgan fingerprint density at radius 3 is 2.30 bits per heavy atom. The van der Waals surface area contributed by atoms with Crippen LogP contribution in [-0.4, -0.2) is 57.6 Å². The predicted molar refractivity (Wildman–Crippen MR) is 125 cm³/mol. The summed E-state index contributed by atoms with van der Waals surface area (Å²) in [6.45, 7) is 3.44. The van der Waals surface area contributed by atoms with E-state index >= 15 is 0 Å². The molecule has 0 spiro atoms. The first kappa shape index (κ1) is 26.1. The minimum absolute atomic E-state index is 0.0290. The van der Waals surface area contributed by atoms with Crippen molar-refractivity contribution in [2.45, 2.75) is 32.9 Å². The molecule has 10 heteroatoms. The second kappa shape index (κ2) is 11.6. The molecule has 0 saturated carbocycles. The number of hydrogen-bond donors (Lipinski definition) is 1. The lowest BCUT2D eigenvalue weighted by Gasteiger charge is -2.32. The fourth-order valence-electron chi connectivity index (χ4n) is 3.38. The molecule has 0 fully saturated rings. The molecule has 0 aromatic heterocycles. The highest BCUT2D eigenvalue weighted by Crippen LogP contribution is 2.21. The van der Waals surface area contributed by atoms with Gasteiger partial charge in [0.15, 0.2) is 0 Å². The normalized spacial score (nSPS) is 12.0. The van der Waals surface area contributed by atoms with E-state index in [9.17, 15) is 22.4 Å². The molecule has 33 heavy (non-hydrogen) atoms. The molecule has 8 nitrogen and oxygen atoms in total. The number of sulfonamides is 1. The second-order valence-corrected chi connectivity index (χ2v) is 9.34. The minimum Gasteiger partial charge on any atom is -0.497 e. The van der Waals surface area contributed by atoms with Crippen LogP contribution < -0.4 is 14.4 Å². The topological polar surface area (TPSA) is 96.0 Å². The Labute approximate surface area is 194 Å². The number of benzene rings is 2. The van der Waals surface area contributed by atoms with Gasteiger partial charge in [-0.15, -0.1) is 0 Å². The van der Waals surface area contributed by atoms with Crippen molar-refractivity contribution in [1.82, 2.24) is 10.2 Å². The Morgan fingerprint density at radius 2 is 1.79 bits per heavy atom. The SMILES string of the molecule is CCNC(=O)[C@@H](CC)N(Cc1ccc(OC)cc1)C(=O)CN(c1cccc(F)c1)S(C)(=O)=O. The Bertz CT molecular complexity index is 1060. The van der Waals surface area contributed by atoms with Crippen molar-refractivity contribution in [1.29, 1.82) is 0 Å². The van der Waals surface area contributed by atoms with E-state index in [-0.39, 0.29) is 18.1 Å². The van der Waals surface area contributed by atoms with Gasteiger partial charge in [-0.2, -0.15) is 0 Å². The predicted octanol–water partition coefficient (Wildman–Crippen LogP) is 2.54. The van der Waals surface area contributed by atoms with Crippen molar-refractivity contribution in [2.75, 3.05) is 30.8 Å². The summed E-state index contributed by atoms with van der Waals surface area (Å²) in [4.78, 5) is 27.5. The van der Waals surface area contributed by atoms with E-state index in [1.807, 2.05) is 0 Å². The van der Waals surface area contributed by atoms with Gasteiger partial charge in [0.25, 0.3) is 0 Å². The van der Waals surface area contributed by atoms with E-state index in [2.05, 4.69) is 5.32 Å². The molecule has 0 radical (unpaired) electrons. The monoisotopic (exact) mass is 479 g/mol. The van der Waals surface area contributed by atoms with Gasteiger partial charge in [0.2, 0.25) is 21.8 Å². The number of halogens is 1. The summed E-state index contributed by atoms with van der Waals surface area (Å²) in [6, 6.07) is 11.2. The highest BCUT2D eigenvalue weighted by Gasteiger charge is 2.31. The first-order valence-corrected chi connectivity index (χ1v) is 12.4. The number of carbonyl (C=O) groups is 2. The lowest BCUT2D eigenvalue weighted by molar-refractivity contribution is -0.140. The summed E-state index contributed by atoms with van der Waals surface area (Å²) in [5.74, 6) is -0.906. The van der Waals surface area contributed by atoms with Crippen LogP contribution in [0.2, 0.25) is 0 Å². The summed E-state index contributed by atoms with van der Waals surface area (Å²) in [5.41, 5.74) is 0.768. The Morgan fingerprint density at radius 1 is 1.12 bits per heavy atom. The van der Waals surface area contributed by atoms with Crippen molar-refractivity contribution in [3.63, 3.8) is 0 Å². The lowest BCUT2D eigenvalue weighted by atomic mass is 10.1. The molecule has 0 heterocycles. The zero-order chi connectivity index (χ0) is 24.6. The highest BCUT2D eigenvalue weighted by molar-refractivity contribution is 7.92. The van der Waals surface area contributed by atoms with Crippen LogP contribution in [0.5, 0.6) is 5.75 Å². The molecule has 2 aromatic rings. The maximum Gasteiger partial charge on any atom is 0.244 e. The number of rotatable bonds is 11. The second-order valence-electron chi connectivity index (χ2n) is 7.44. The third-order valence-electron chi connectivity index (χ3n) is 5.02. The third kappa shape index (κ3) is 7.18. The molecule has 0 aliphatic heterocycles. The van der Waals surface area contributed by atoms with Crippen molar-refractivity contribution in [3.05, 3.63) is 59.9 Å². The average Bonchev–Trinajstić information content (AvgIpc) is 2.77. The molecular formula is C23H30FN3O5S. The van der Waals surface area contributed by atoms with Crippen LogP contribution in [0.1, 0.15) is 25.8 Å². The number of nitrogens with zero attached hydrogens (tertiary/aromatic N) is 2. The number of methoxy groups -OCH3 is 1. The van der Waals surface area contributed by atoms with Crippen LogP contribution in [0, 0.1) is 5.82 Å². The van der Waals surface area contributed by atoms with Crippen molar-refractivity contribution in [3.8, 4) is 5.75 Å². The summed E-state index contributed by atoms with van der Waals surface area (Å²) < 4.78 is 44.6. The average molecular weight is 480 g/mol. The van der Waals surface area contributed by atoms with Gasteiger partial charge in [0.1, 0.15) is 24.2 Å². The van der Waals surface area contributed by atoms with Crippen LogP contribution >= 0.6 is 0 Å². The molecule has 2 rings (SSSR count). The van der Waals surface area contributed by atoms with Crippen LogP contribution in [0.15, 0.2) is 48.5 Å². The Hall–Kier alpha value is -3.14. The van der Waals surface area contributed by atoms with Crippen LogP contribution in [0.3, 0.4) is 0 Å². The zero-order valence-electron chi connectivity index (χ0n) is 19.2. The molecule has 0 aliphatic carbocycles. The van der Waals surface area contributed by atoms with Crippen molar-refractivity contribution in [2.24, 2.45) is 0 Å². The molecular weight excluding hydrogens is 449 g/mol. The quantitative estimate of drug-likeness (QED) is 0.534. The number of hydrogen-bond acceptors (Lipinski definition) is 5. The number of anilines is 1. The van der Waals surface area contributed by atoms with Gasteiger partial charge in [-0.05, 0) is 49.2 Å². The molecule has 2 aromatic carbocycles. The van der Waals surface area contributed by atoms with E-state index in [0.29, 0.717) is 18.7 Å². The molecule has 1 atom stereocenters. The lowest BCUT2D eigenvalue weighted by Crippen LogP contribution is -2.52. The number of likely N-dealkylation sites (N-methyl/N-ethyl adjacent to an activating group) is 1. The van der Waals surface area contributed by atoms with Gasteiger partial charge in [-0.25, -0.2) is 12.8 Å². The fourth-order valence-corrected chi connectivity index (χ4v) is 4.23. The van der Waals surface area contributed by atoms with E-state index in [4.69, 9.17) is 4.74 Å². The molecule has 0 bridgehead atoms. The number of nitrogens with one attached hydrogen (secondary N) is 1. The molecule has 1 N–H and O–H groups in total. The summed E-state index contributed by atoms with van der Waals surface area (Å²) in [6.07, 6.45) is 1.27. The number of amides is 2. The van der Waals surface area contributed by atoms with Gasteiger partial charge >= 0.3 is 0 Å². The smallest absolute Gasteiger partial charge is 0.244 e. The number of ether oxygens (including phenoxy) is 1. The fraction of sp³-hybridized carbons (Fsp3) is 0.391. The van der Waals surface area contributed by atoms with Crippen LogP contribution in [0.4, 0.5) is 10.1 Å². The Balaban J connectivity index is 2.42. The number of carbonyl (C=O) groups excluding carboxylic acids is 2. The standard InChI is InChI=1S/C23H30FN3O5S/c1-5-21(23(29)25-6-2)26(15-17-10-12-20(32-3)13-11-17)22(28)16-27(33(4,30)31)19-9-7-8-18(24)14-19/h7-14,21H,5-6,15-16H2,1-4H3,(H,25,29)/t21-/m1/s1. The van der Waals surface area contributed by atoms with Crippen LogP contribution in [-0.2, 0) is 26.2 Å². The minimum atomic E-state index is -3.91. The van der Waals surface area contributed by atoms with Crippen LogP contribution in [0.25, 0.3) is 0 Å². The molecule has 0 saturated heterocycles. The maximum absolute atomic E-state index is 13.8. The summed E-state index contributed by atoms with van der Waals surface area (Å²) in [7, 11) is -2.37. The molecule has 180 valence electrons. The van der Waals surface area contributed by atoms with Gasteiger partial charge in [0.05, 0.1) is 19.1 Å². The van der Waals surface area contributed by atoms with Gasteiger partial charge in [-0.1, -0.05) is 25.1 Å². The van der Waals surface area contributed by atoms with E-state index < -0.39 is 34.3 Å². The molecule has 2 amide bonds. The first-order chi connectivity index (χ1) is 15.6. The van der Waals surface area contributed by atoms with E-state index in [1.165, 1.54) is 23.1 Å². The summed E-state index contributed by atoms with van der Waals surface area (Å²) in [5, 5.41) is 2.72. The first-order valence-electron chi connectivity index (χ1n) is 10.5. The highest BCUT2D eigenvalue weighted by atomic mass is 32.2. The zero-order valence-corrected chi connectivity index (χ0v) is 20.1. The van der Waals surface area contributed by atoms with E-state index in [0.717, 1.165) is 22.2 Å². The molecule has 0 unspecified atom stereocenters. The van der Waals surface area contributed by atoms with Gasteiger partial charge in [0, 0.05) is 13.1 Å². The Kier molecular flexibility index (Phi) is 9.22. The third-order valence-corrected chi connectivity index (χ3v) is 6.16. The summed E-state index contributed by atoms with van der Waals surface area (Å²) >= 11 is 0. The van der Waals surface area contributed by atoms with Gasteiger partial charge < -0.3 is 15.0 Å². The maximum atomic E-state index is 13.8. The van der Waals surface area contributed by atoms with Gasteiger partial charge in [-0.3, -0.25) is 13.9 Å². The van der Waals surface area contributed by atoms with Crippen molar-refractivity contribution >= 4 is 27.5 Å². The van der Waals surface area contributed by atoms with Crippen molar-refractivity contribution < 1.29 is 27.1 Å². The van der Waals surface area contributed by atoms with E-state index in [1.54, 1.807) is 45.2 Å². The molecule has 0 aliphatic rings. The largest absolute Gasteiger partial charge is 0.497 e.